The SMILES string of the molecule is COC(=O)/C=C/c1ccc(NC(c2ccccc2)C2CC2)c([N+](=O)[O-])c1. The Hall–Kier alpha value is -3.15. The number of carbonyl (C=O) groups is 1. The summed E-state index contributed by atoms with van der Waals surface area (Å²) in [6, 6.07) is 14.9. The monoisotopic (exact) mass is 352 g/mol. The third kappa shape index (κ3) is 4.27. The molecule has 1 atom stereocenters. The molecule has 2 aromatic carbocycles. The van der Waals surface area contributed by atoms with Crippen molar-refractivity contribution in [1.82, 2.24) is 0 Å². The van der Waals surface area contributed by atoms with Crippen molar-refractivity contribution >= 4 is 23.4 Å². The molecule has 1 N–H and O–H groups in total. The molecular formula is C20H20N2O4. The first-order chi connectivity index (χ1) is 12.6. The van der Waals surface area contributed by atoms with Crippen molar-refractivity contribution in [1.29, 1.82) is 0 Å². The van der Waals surface area contributed by atoms with E-state index in [0.717, 1.165) is 18.4 Å². The van der Waals surface area contributed by atoms with Crippen LogP contribution in [0.4, 0.5) is 11.4 Å². The fourth-order valence-electron chi connectivity index (χ4n) is 2.89. The van der Waals surface area contributed by atoms with Gasteiger partial charge in [0, 0.05) is 12.1 Å². The van der Waals surface area contributed by atoms with Gasteiger partial charge in [-0.3, -0.25) is 10.1 Å². The molecular weight excluding hydrogens is 332 g/mol. The standard InChI is InChI=1S/C20H20N2O4/c1-26-19(23)12-8-14-7-11-17(18(13-14)22(24)25)21-20(16-9-10-16)15-5-3-2-4-6-15/h2-8,11-13,16,20-21H,9-10H2,1H3/b12-8+. The molecule has 0 radical (unpaired) electrons. The lowest BCUT2D eigenvalue weighted by Crippen LogP contribution is -2.14. The van der Waals surface area contributed by atoms with Crippen LogP contribution in [0, 0.1) is 16.0 Å². The molecule has 1 aliphatic carbocycles. The average molecular weight is 352 g/mol. The lowest BCUT2D eigenvalue weighted by atomic mass is 10.0. The first-order valence-corrected chi connectivity index (χ1v) is 8.44. The van der Waals surface area contributed by atoms with Crippen LogP contribution in [0.3, 0.4) is 0 Å². The highest BCUT2D eigenvalue weighted by molar-refractivity contribution is 5.87. The van der Waals surface area contributed by atoms with Gasteiger partial charge >= 0.3 is 5.97 Å². The number of nitro groups is 1. The second-order valence-corrected chi connectivity index (χ2v) is 6.26. The summed E-state index contributed by atoms with van der Waals surface area (Å²) in [5.41, 5.74) is 2.15. The van der Waals surface area contributed by atoms with E-state index in [4.69, 9.17) is 0 Å². The molecule has 0 heterocycles. The van der Waals surface area contributed by atoms with Gasteiger partial charge in [0.25, 0.3) is 5.69 Å². The van der Waals surface area contributed by atoms with Crippen LogP contribution in [-0.4, -0.2) is 18.0 Å². The summed E-state index contributed by atoms with van der Waals surface area (Å²) < 4.78 is 4.54. The number of ether oxygens (including phenoxy) is 1. The average Bonchev–Trinajstić information content (AvgIpc) is 3.50. The topological polar surface area (TPSA) is 81.5 Å². The Kier molecular flexibility index (Phi) is 5.31. The van der Waals surface area contributed by atoms with E-state index in [2.05, 4.69) is 10.1 Å². The fraction of sp³-hybridized carbons (Fsp3) is 0.250. The Morgan fingerprint density at radius 1 is 1.27 bits per heavy atom. The highest BCUT2D eigenvalue weighted by Gasteiger charge is 2.33. The molecule has 0 spiro atoms. The van der Waals surface area contributed by atoms with E-state index in [1.165, 1.54) is 25.3 Å². The Bertz CT molecular complexity index is 829. The molecule has 1 saturated carbocycles. The van der Waals surface area contributed by atoms with Crippen molar-refractivity contribution in [3.8, 4) is 0 Å². The number of nitrogens with zero attached hydrogens (tertiary/aromatic N) is 1. The number of nitrogens with one attached hydrogen (secondary N) is 1. The highest BCUT2D eigenvalue weighted by Crippen LogP contribution is 2.44. The minimum Gasteiger partial charge on any atom is -0.466 e. The summed E-state index contributed by atoms with van der Waals surface area (Å²) in [5.74, 6) is -0.0244. The summed E-state index contributed by atoms with van der Waals surface area (Å²) >= 11 is 0. The Morgan fingerprint density at radius 2 is 2.00 bits per heavy atom. The maximum atomic E-state index is 11.5. The molecule has 0 aromatic heterocycles. The Morgan fingerprint density at radius 3 is 2.62 bits per heavy atom. The third-order valence-electron chi connectivity index (χ3n) is 4.39. The molecule has 2 aromatic rings. The Balaban J connectivity index is 1.87. The van der Waals surface area contributed by atoms with Crippen LogP contribution in [0.25, 0.3) is 6.08 Å². The van der Waals surface area contributed by atoms with Crippen LogP contribution in [0.2, 0.25) is 0 Å². The van der Waals surface area contributed by atoms with Gasteiger partial charge in [-0.1, -0.05) is 36.4 Å². The van der Waals surface area contributed by atoms with Crippen molar-refractivity contribution in [2.75, 3.05) is 12.4 Å². The van der Waals surface area contributed by atoms with Gasteiger partial charge in [-0.2, -0.15) is 0 Å². The molecule has 0 aliphatic heterocycles. The quantitative estimate of drug-likeness (QED) is 0.347. The first kappa shape index (κ1) is 17.7. The zero-order valence-electron chi connectivity index (χ0n) is 14.4. The van der Waals surface area contributed by atoms with E-state index >= 15 is 0 Å². The number of hydrogen-bond donors (Lipinski definition) is 1. The third-order valence-corrected chi connectivity index (χ3v) is 4.39. The molecule has 0 amide bonds. The second kappa shape index (κ2) is 7.82. The summed E-state index contributed by atoms with van der Waals surface area (Å²) in [7, 11) is 1.28. The smallest absolute Gasteiger partial charge is 0.330 e. The molecule has 0 saturated heterocycles. The summed E-state index contributed by atoms with van der Waals surface area (Å²) in [6.07, 6.45) is 4.96. The van der Waals surface area contributed by atoms with Gasteiger partial charge < -0.3 is 10.1 Å². The van der Waals surface area contributed by atoms with Crippen LogP contribution >= 0.6 is 0 Å². The van der Waals surface area contributed by atoms with Crippen LogP contribution in [0.15, 0.2) is 54.6 Å². The van der Waals surface area contributed by atoms with E-state index in [9.17, 15) is 14.9 Å². The predicted molar refractivity (Wildman–Crippen MR) is 99.7 cm³/mol. The highest BCUT2D eigenvalue weighted by atomic mass is 16.6. The van der Waals surface area contributed by atoms with E-state index in [-0.39, 0.29) is 11.7 Å². The fourth-order valence-corrected chi connectivity index (χ4v) is 2.89. The van der Waals surface area contributed by atoms with Crippen LogP contribution in [0.1, 0.15) is 30.0 Å². The van der Waals surface area contributed by atoms with Gasteiger partial charge in [-0.15, -0.1) is 0 Å². The van der Waals surface area contributed by atoms with Crippen molar-refractivity contribution in [3.63, 3.8) is 0 Å². The first-order valence-electron chi connectivity index (χ1n) is 8.44. The molecule has 1 fully saturated rings. The van der Waals surface area contributed by atoms with Gasteiger partial charge in [-0.25, -0.2) is 4.79 Å². The minimum atomic E-state index is -0.507. The Labute approximate surface area is 151 Å². The molecule has 1 unspecified atom stereocenters. The van der Waals surface area contributed by atoms with Crippen molar-refractivity contribution in [2.24, 2.45) is 5.92 Å². The second-order valence-electron chi connectivity index (χ2n) is 6.26. The van der Waals surface area contributed by atoms with Crippen molar-refractivity contribution in [3.05, 3.63) is 75.8 Å². The van der Waals surface area contributed by atoms with Gasteiger partial charge in [0.15, 0.2) is 0 Å². The van der Waals surface area contributed by atoms with E-state index in [1.807, 2.05) is 30.3 Å². The largest absolute Gasteiger partial charge is 0.466 e. The van der Waals surface area contributed by atoms with Crippen LogP contribution < -0.4 is 5.32 Å². The lowest BCUT2D eigenvalue weighted by molar-refractivity contribution is -0.384. The molecule has 6 nitrogen and oxygen atoms in total. The van der Waals surface area contributed by atoms with Crippen molar-refractivity contribution in [2.45, 2.75) is 18.9 Å². The van der Waals surface area contributed by atoms with Gasteiger partial charge in [0.05, 0.1) is 18.1 Å². The number of methoxy groups -OCH3 is 1. The summed E-state index contributed by atoms with van der Waals surface area (Å²) in [5, 5.41) is 14.9. The minimum absolute atomic E-state index is 0.0152. The maximum absolute atomic E-state index is 11.5. The van der Waals surface area contributed by atoms with Gasteiger partial charge in [0.2, 0.25) is 0 Å². The normalized spacial score (nSPS) is 14.8. The number of carbonyl (C=O) groups excluding carboxylic acids is 1. The summed E-state index contributed by atoms with van der Waals surface area (Å²) in [4.78, 5) is 22.3. The van der Waals surface area contributed by atoms with E-state index < -0.39 is 10.9 Å². The lowest BCUT2D eigenvalue weighted by Gasteiger charge is -2.20. The van der Waals surface area contributed by atoms with Crippen LogP contribution in [0.5, 0.6) is 0 Å². The molecule has 1 aliphatic rings. The number of esters is 1. The van der Waals surface area contributed by atoms with Crippen molar-refractivity contribution < 1.29 is 14.5 Å². The predicted octanol–water partition coefficient (Wildman–Crippen LogP) is 4.34. The van der Waals surface area contributed by atoms with E-state index in [0.29, 0.717) is 17.2 Å². The summed E-state index contributed by atoms with van der Waals surface area (Å²) in [6.45, 7) is 0. The van der Waals surface area contributed by atoms with Crippen LogP contribution in [-0.2, 0) is 9.53 Å². The van der Waals surface area contributed by atoms with Gasteiger partial charge in [-0.05, 0) is 42.0 Å². The number of hydrogen-bond acceptors (Lipinski definition) is 5. The van der Waals surface area contributed by atoms with E-state index in [1.54, 1.807) is 12.1 Å². The maximum Gasteiger partial charge on any atom is 0.330 e. The van der Waals surface area contributed by atoms with Gasteiger partial charge in [0.1, 0.15) is 5.69 Å². The number of benzene rings is 2. The zero-order valence-corrected chi connectivity index (χ0v) is 14.4. The number of rotatable bonds is 7. The number of anilines is 1. The molecule has 134 valence electrons. The number of nitro benzene ring substituents is 1. The molecule has 26 heavy (non-hydrogen) atoms. The zero-order chi connectivity index (χ0) is 18.5. The molecule has 3 rings (SSSR count). The molecule has 0 bridgehead atoms. The molecule has 6 heteroatoms.